The average molecular weight is 272 g/mol. The van der Waals surface area contributed by atoms with Crippen molar-refractivity contribution < 1.29 is 20.5 Å². The molecule has 3 rings (SSSR count). The first-order valence-electron chi connectivity index (χ1n) is 5.87. The number of rotatable bonds is 1. The lowest BCUT2D eigenvalue weighted by Crippen LogP contribution is -2.77. The molecule has 0 radical (unpaired) electrons. The van der Waals surface area contributed by atoms with Crippen molar-refractivity contribution in [3.8, 4) is 0 Å². The van der Waals surface area contributed by atoms with Crippen LogP contribution in [0.3, 0.4) is 0 Å². The van der Waals surface area contributed by atoms with E-state index >= 15 is 0 Å². The maximum absolute atomic E-state index is 10.2. The third-order valence-corrected chi connectivity index (χ3v) is 4.07. The van der Waals surface area contributed by atoms with Crippen molar-refractivity contribution in [3.63, 3.8) is 0 Å². The lowest BCUT2D eigenvalue weighted by Gasteiger charge is -2.51. The summed E-state index contributed by atoms with van der Waals surface area (Å²) in [6.45, 7) is -0.360. The van der Waals surface area contributed by atoms with Crippen molar-refractivity contribution in [2.45, 2.75) is 30.0 Å². The van der Waals surface area contributed by atoms with Gasteiger partial charge < -0.3 is 31.3 Å². The Morgan fingerprint density at radius 1 is 1.53 bits per heavy atom. The molecule has 0 bridgehead atoms. The third-order valence-electron chi connectivity index (χ3n) is 4.07. The SMILES string of the molecule is N=C1N(O)[C@@H](CO)[C@@H]2NC(N)=N[C@]23N1CCC3(O)O. The molecule has 3 atom stereocenters. The Morgan fingerprint density at radius 2 is 2.21 bits per heavy atom. The topological polar surface area (TPSA) is 162 Å². The molecule has 0 unspecified atom stereocenters. The number of aliphatic imine (C=N–C) groups is 1. The summed E-state index contributed by atoms with van der Waals surface area (Å²) in [5.74, 6) is -2.57. The highest BCUT2D eigenvalue weighted by molar-refractivity contribution is 5.86. The van der Waals surface area contributed by atoms with E-state index in [-0.39, 0.29) is 24.9 Å². The fourth-order valence-corrected chi connectivity index (χ4v) is 3.19. The van der Waals surface area contributed by atoms with E-state index in [2.05, 4.69) is 10.3 Å². The Morgan fingerprint density at radius 3 is 2.84 bits per heavy atom. The summed E-state index contributed by atoms with van der Waals surface area (Å²) in [5, 5.41) is 50.9. The molecule has 0 aromatic rings. The molecule has 106 valence electrons. The van der Waals surface area contributed by atoms with E-state index in [1.807, 2.05) is 0 Å². The summed E-state index contributed by atoms with van der Waals surface area (Å²) >= 11 is 0. The predicted octanol–water partition coefficient (Wildman–Crippen LogP) is -3.64. The van der Waals surface area contributed by atoms with Gasteiger partial charge in [0.15, 0.2) is 5.96 Å². The Hall–Kier alpha value is -1.62. The van der Waals surface area contributed by atoms with Crippen molar-refractivity contribution in [1.82, 2.24) is 15.3 Å². The Bertz CT molecular complexity index is 468. The molecular formula is C9H16N6O4. The van der Waals surface area contributed by atoms with Crippen LogP contribution in [-0.4, -0.2) is 79.1 Å². The average Bonchev–Trinajstić information content (AvgIpc) is 2.80. The van der Waals surface area contributed by atoms with Crippen LogP contribution in [0.2, 0.25) is 0 Å². The zero-order valence-electron chi connectivity index (χ0n) is 9.98. The Labute approximate surface area is 108 Å². The first kappa shape index (κ1) is 12.4. The molecule has 3 aliphatic heterocycles. The minimum Gasteiger partial charge on any atom is -0.394 e. The zero-order valence-corrected chi connectivity index (χ0v) is 9.98. The first-order valence-corrected chi connectivity index (χ1v) is 5.87. The van der Waals surface area contributed by atoms with Gasteiger partial charge in [0.25, 0.3) is 0 Å². The second kappa shape index (κ2) is 3.48. The molecule has 3 heterocycles. The van der Waals surface area contributed by atoms with Crippen LogP contribution in [-0.2, 0) is 0 Å². The molecule has 0 saturated carbocycles. The molecule has 0 aromatic heterocycles. The fourth-order valence-electron chi connectivity index (χ4n) is 3.19. The van der Waals surface area contributed by atoms with Crippen LogP contribution in [0.25, 0.3) is 0 Å². The van der Waals surface area contributed by atoms with Gasteiger partial charge in [0.2, 0.25) is 17.4 Å². The number of hydrogen-bond donors (Lipinski definition) is 7. The molecule has 3 aliphatic rings. The van der Waals surface area contributed by atoms with Crippen LogP contribution in [0, 0.1) is 5.41 Å². The standard InChI is InChI=1S/C9H16N6O4/c10-6-12-5-4(3-16)15(19)7(11)14-2-1-8(17,18)9(5,14)13-6/h4-5,11,16-19H,1-3H2,(H3,10,12,13)/t4-,5-,9-/m0/s1. The molecule has 10 heteroatoms. The molecule has 10 nitrogen and oxygen atoms in total. The minimum absolute atomic E-state index is 0.0223. The van der Waals surface area contributed by atoms with Crippen LogP contribution >= 0.6 is 0 Å². The van der Waals surface area contributed by atoms with E-state index in [0.717, 1.165) is 0 Å². The van der Waals surface area contributed by atoms with Gasteiger partial charge in [0.05, 0.1) is 6.61 Å². The molecule has 0 aromatic carbocycles. The lowest BCUT2D eigenvalue weighted by atomic mass is 9.86. The number of nitrogens with two attached hydrogens (primary N) is 1. The molecule has 8 N–H and O–H groups in total. The summed E-state index contributed by atoms with van der Waals surface area (Å²) in [6.07, 6.45) is -0.0453. The summed E-state index contributed by atoms with van der Waals surface area (Å²) in [7, 11) is 0. The number of aliphatic hydroxyl groups excluding tert-OH is 1. The maximum Gasteiger partial charge on any atom is 0.220 e. The quantitative estimate of drug-likeness (QED) is 0.240. The summed E-state index contributed by atoms with van der Waals surface area (Å²) < 4.78 is 0. The van der Waals surface area contributed by atoms with E-state index < -0.39 is 30.1 Å². The number of aliphatic hydroxyl groups is 3. The van der Waals surface area contributed by atoms with Crippen LogP contribution in [0.5, 0.6) is 0 Å². The second-order valence-electron chi connectivity index (χ2n) is 4.98. The van der Waals surface area contributed by atoms with Gasteiger partial charge in [0, 0.05) is 13.0 Å². The molecule has 1 spiro atoms. The van der Waals surface area contributed by atoms with Gasteiger partial charge in [-0.25, -0.2) is 10.1 Å². The van der Waals surface area contributed by atoms with Gasteiger partial charge in [-0.15, -0.1) is 0 Å². The monoisotopic (exact) mass is 272 g/mol. The van der Waals surface area contributed by atoms with Gasteiger partial charge in [-0.3, -0.25) is 10.6 Å². The molecule has 0 amide bonds. The highest BCUT2D eigenvalue weighted by atomic mass is 16.5. The predicted molar refractivity (Wildman–Crippen MR) is 62.0 cm³/mol. The normalized spacial score (nSPS) is 39.8. The third kappa shape index (κ3) is 1.23. The van der Waals surface area contributed by atoms with Gasteiger partial charge >= 0.3 is 0 Å². The molecule has 0 aliphatic carbocycles. The Balaban J connectivity index is 2.16. The smallest absolute Gasteiger partial charge is 0.220 e. The van der Waals surface area contributed by atoms with Gasteiger partial charge in [-0.1, -0.05) is 0 Å². The highest BCUT2D eigenvalue weighted by Crippen LogP contribution is 2.46. The van der Waals surface area contributed by atoms with Crippen LogP contribution in [0.1, 0.15) is 6.42 Å². The van der Waals surface area contributed by atoms with Gasteiger partial charge in [0.1, 0.15) is 12.1 Å². The van der Waals surface area contributed by atoms with E-state index in [9.17, 15) is 20.5 Å². The fraction of sp³-hybridized carbons (Fsp3) is 0.778. The van der Waals surface area contributed by atoms with E-state index in [0.29, 0.717) is 5.06 Å². The molecular weight excluding hydrogens is 256 g/mol. The summed E-state index contributed by atoms with van der Waals surface area (Å²) in [4.78, 5) is 5.33. The number of hydrogen-bond acceptors (Lipinski definition) is 8. The summed E-state index contributed by atoms with van der Waals surface area (Å²) in [5.41, 5.74) is 4.02. The van der Waals surface area contributed by atoms with Crippen LogP contribution < -0.4 is 11.1 Å². The maximum atomic E-state index is 10.2. The van der Waals surface area contributed by atoms with E-state index in [1.54, 1.807) is 0 Å². The minimum atomic E-state index is -2.20. The molecule has 19 heavy (non-hydrogen) atoms. The summed E-state index contributed by atoms with van der Waals surface area (Å²) in [6, 6.07) is -1.79. The van der Waals surface area contributed by atoms with Crippen molar-refractivity contribution >= 4 is 11.9 Å². The first-order chi connectivity index (χ1) is 8.85. The second-order valence-corrected chi connectivity index (χ2v) is 4.98. The Kier molecular flexibility index (Phi) is 2.27. The van der Waals surface area contributed by atoms with Crippen molar-refractivity contribution in [1.29, 1.82) is 5.41 Å². The number of nitrogens with one attached hydrogen (secondary N) is 2. The van der Waals surface area contributed by atoms with Crippen LogP contribution in [0.4, 0.5) is 0 Å². The number of guanidine groups is 2. The van der Waals surface area contributed by atoms with E-state index in [4.69, 9.17) is 11.1 Å². The van der Waals surface area contributed by atoms with Crippen molar-refractivity contribution in [2.24, 2.45) is 10.7 Å². The number of hydroxylamine groups is 2. The van der Waals surface area contributed by atoms with E-state index in [1.165, 1.54) is 4.90 Å². The van der Waals surface area contributed by atoms with Crippen LogP contribution in [0.15, 0.2) is 4.99 Å². The van der Waals surface area contributed by atoms with Crippen molar-refractivity contribution in [3.05, 3.63) is 0 Å². The largest absolute Gasteiger partial charge is 0.394 e. The lowest BCUT2D eigenvalue weighted by molar-refractivity contribution is -0.236. The van der Waals surface area contributed by atoms with Crippen molar-refractivity contribution in [2.75, 3.05) is 13.2 Å². The molecule has 2 saturated heterocycles. The number of nitrogens with zero attached hydrogens (tertiary/aromatic N) is 3. The molecule has 2 fully saturated rings. The van der Waals surface area contributed by atoms with Gasteiger partial charge in [-0.05, 0) is 0 Å². The highest BCUT2D eigenvalue weighted by Gasteiger charge is 2.71. The zero-order chi connectivity index (χ0) is 14.0. The van der Waals surface area contributed by atoms with Gasteiger partial charge in [-0.2, -0.15) is 0 Å².